The summed E-state index contributed by atoms with van der Waals surface area (Å²) in [5, 5.41) is 4.47. The van der Waals surface area contributed by atoms with Gasteiger partial charge in [0.05, 0.1) is 11.9 Å². The number of halogens is 3. The molecule has 4 rings (SSSR count). The van der Waals surface area contributed by atoms with Gasteiger partial charge >= 0.3 is 6.18 Å². The number of hydrogen-bond donors (Lipinski definition) is 1. The van der Waals surface area contributed by atoms with Crippen LogP contribution in [-0.4, -0.2) is 71.3 Å². The highest BCUT2D eigenvalue weighted by atomic mass is 32.1. The number of rotatable bonds is 5. The van der Waals surface area contributed by atoms with Crippen LogP contribution in [0, 0.1) is 0 Å². The summed E-state index contributed by atoms with van der Waals surface area (Å²) in [5.74, 6) is 0.765. The molecule has 0 bridgehead atoms. The number of fused-ring (bicyclic) bond motifs is 3. The number of nitrogens with zero attached hydrogens (tertiary/aromatic N) is 4. The number of aryl methyl sites for hydroxylation is 2. The molecule has 1 fully saturated rings. The van der Waals surface area contributed by atoms with E-state index < -0.39 is 12.7 Å². The Morgan fingerprint density at radius 2 is 2.03 bits per heavy atom. The molecule has 3 atom stereocenters. The third-order valence-electron chi connectivity index (χ3n) is 6.29. The lowest BCUT2D eigenvalue weighted by atomic mass is 9.91. The summed E-state index contributed by atoms with van der Waals surface area (Å²) in [7, 11) is 4.01. The summed E-state index contributed by atoms with van der Waals surface area (Å²) in [5.41, 5.74) is 1.32. The third-order valence-corrected chi connectivity index (χ3v) is 7.49. The smallest absolute Gasteiger partial charge is 0.368 e. The van der Waals surface area contributed by atoms with E-state index in [1.54, 1.807) is 22.6 Å². The second-order valence-electron chi connectivity index (χ2n) is 8.52. The van der Waals surface area contributed by atoms with Gasteiger partial charge in [-0.05, 0) is 58.7 Å². The molecule has 1 aliphatic carbocycles. The lowest BCUT2D eigenvalue weighted by molar-refractivity contribution is -0.161. The average molecular weight is 428 g/mol. The zero-order valence-electron chi connectivity index (χ0n) is 17.1. The zero-order chi connectivity index (χ0) is 20.8. The fourth-order valence-corrected chi connectivity index (χ4v) is 6.05. The number of likely N-dealkylation sites (tertiary alicyclic amines) is 1. The average Bonchev–Trinajstić information content (AvgIpc) is 3.21. The van der Waals surface area contributed by atoms with Crippen LogP contribution in [0.25, 0.3) is 10.2 Å². The van der Waals surface area contributed by atoms with Crippen LogP contribution in [0.5, 0.6) is 0 Å². The van der Waals surface area contributed by atoms with Crippen molar-refractivity contribution in [3.63, 3.8) is 0 Å². The van der Waals surface area contributed by atoms with Gasteiger partial charge in [0.1, 0.15) is 17.0 Å². The standard InChI is InChI=1S/C20H28F3N5S/c1-12-7-13(27(2)3)8-14(28(12)10-20(21,22)23)9-24-18-17-15-5-4-6-16(15)29-19(17)26-11-25-18/h11-14H,4-10H2,1-3H3,(H,24,25,26)/t12-,13+,14-/m0/s1. The van der Waals surface area contributed by atoms with Crippen LogP contribution in [-0.2, 0) is 12.8 Å². The van der Waals surface area contributed by atoms with Crippen LogP contribution in [0.4, 0.5) is 19.0 Å². The van der Waals surface area contributed by atoms with Crippen LogP contribution >= 0.6 is 11.3 Å². The van der Waals surface area contributed by atoms with E-state index in [1.807, 2.05) is 21.0 Å². The first kappa shape index (κ1) is 20.8. The maximum atomic E-state index is 13.2. The van der Waals surface area contributed by atoms with Gasteiger partial charge in [0, 0.05) is 29.5 Å². The van der Waals surface area contributed by atoms with E-state index in [0.29, 0.717) is 13.0 Å². The van der Waals surface area contributed by atoms with Crippen molar-refractivity contribution < 1.29 is 13.2 Å². The summed E-state index contributed by atoms with van der Waals surface area (Å²) in [6.07, 6.45) is 2.06. The Kier molecular flexibility index (Phi) is 5.74. The van der Waals surface area contributed by atoms with Gasteiger partial charge in [0.25, 0.3) is 0 Å². The lowest BCUT2D eigenvalue weighted by Gasteiger charge is -2.46. The number of piperidine rings is 1. The Hall–Kier alpha value is -1.45. The van der Waals surface area contributed by atoms with Gasteiger partial charge in [0.2, 0.25) is 0 Å². The van der Waals surface area contributed by atoms with E-state index in [-0.39, 0.29) is 18.1 Å². The highest BCUT2D eigenvalue weighted by molar-refractivity contribution is 7.19. The molecule has 2 aromatic rings. The van der Waals surface area contributed by atoms with Gasteiger partial charge in [-0.3, -0.25) is 4.90 Å². The van der Waals surface area contributed by atoms with Gasteiger partial charge in [-0.1, -0.05) is 0 Å². The largest absolute Gasteiger partial charge is 0.401 e. The first-order chi connectivity index (χ1) is 13.7. The van der Waals surface area contributed by atoms with E-state index in [1.165, 1.54) is 10.4 Å². The molecule has 0 radical (unpaired) electrons. The number of nitrogens with one attached hydrogen (secondary N) is 1. The number of aromatic nitrogens is 2. The summed E-state index contributed by atoms with van der Waals surface area (Å²) < 4.78 is 39.7. The fourth-order valence-electron chi connectivity index (χ4n) is 4.83. The zero-order valence-corrected chi connectivity index (χ0v) is 17.9. The topological polar surface area (TPSA) is 44.3 Å². The SMILES string of the molecule is C[C@H]1C[C@@H](N(C)C)C[C@@H](CNc2ncnc3sc4c(c23)CCC4)N1CC(F)(F)F. The van der Waals surface area contributed by atoms with Crippen molar-refractivity contribution in [1.82, 2.24) is 19.8 Å². The van der Waals surface area contributed by atoms with Gasteiger partial charge in [0.15, 0.2) is 0 Å². The predicted molar refractivity (Wildman–Crippen MR) is 111 cm³/mol. The Morgan fingerprint density at radius 1 is 1.24 bits per heavy atom. The summed E-state index contributed by atoms with van der Waals surface area (Å²) in [4.78, 5) is 15.0. The molecule has 160 valence electrons. The highest BCUT2D eigenvalue weighted by Crippen LogP contribution is 2.39. The molecule has 0 aromatic carbocycles. The van der Waals surface area contributed by atoms with E-state index in [9.17, 15) is 13.2 Å². The molecule has 5 nitrogen and oxygen atoms in total. The van der Waals surface area contributed by atoms with Crippen LogP contribution < -0.4 is 5.32 Å². The molecule has 0 unspecified atom stereocenters. The van der Waals surface area contributed by atoms with Gasteiger partial charge in [-0.15, -0.1) is 11.3 Å². The van der Waals surface area contributed by atoms with Crippen LogP contribution in [0.3, 0.4) is 0 Å². The van der Waals surface area contributed by atoms with Crippen molar-refractivity contribution in [3.8, 4) is 0 Å². The molecule has 3 heterocycles. The number of alkyl halides is 3. The minimum Gasteiger partial charge on any atom is -0.368 e. The minimum atomic E-state index is -4.20. The third kappa shape index (κ3) is 4.36. The van der Waals surface area contributed by atoms with Crippen molar-refractivity contribution in [2.45, 2.75) is 63.3 Å². The molecule has 1 N–H and O–H groups in total. The number of thiophene rings is 1. The molecule has 1 aliphatic heterocycles. The molecule has 0 saturated carbocycles. The van der Waals surface area contributed by atoms with E-state index >= 15 is 0 Å². The van der Waals surface area contributed by atoms with Crippen molar-refractivity contribution in [2.24, 2.45) is 0 Å². The molecule has 29 heavy (non-hydrogen) atoms. The summed E-state index contributed by atoms with van der Waals surface area (Å²) in [6, 6.07) is -0.0537. The van der Waals surface area contributed by atoms with Gasteiger partial charge in [-0.25, -0.2) is 9.97 Å². The van der Waals surface area contributed by atoms with Crippen LogP contribution in [0.15, 0.2) is 6.33 Å². The molecule has 0 spiro atoms. The maximum absolute atomic E-state index is 13.2. The second kappa shape index (κ2) is 8.00. The minimum absolute atomic E-state index is 0.125. The maximum Gasteiger partial charge on any atom is 0.401 e. The molecule has 2 aromatic heterocycles. The molecule has 2 aliphatic rings. The quantitative estimate of drug-likeness (QED) is 0.783. The van der Waals surface area contributed by atoms with Gasteiger partial charge < -0.3 is 10.2 Å². The number of anilines is 1. The van der Waals surface area contributed by atoms with Crippen molar-refractivity contribution >= 4 is 27.4 Å². The highest BCUT2D eigenvalue weighted by Gasteiger charge is 2.40. The molecular formula is C20H28F3N5S. The molecular weight excluding hydrogens is 399 g/mol. The van der Waals surface area contributed by atoms with Crippen molar-refractivity contribution in [2.75, 3.05) is 32.5 Å². The fraction of sp³-hybridized carbons (Fsp3) is 0.700. The summed E-state index contributed by atoms with van der Waals surface area (Å²) >= 11 is 1.72. The Morgan fingerprint density at radius 3 is 2.76 bits per heavy atom. The van der Waals surface area contributed by atoms with Crippen molar-refractivity contribution in [3.05, 3.63) is 16.8 Å². The van der Waals surface area contributed by atoms with E-state index in [4.69, 9.17) is 0 Å². The van der Waals surface area contributed by atoms with E-state index in [2.05, 4.69) is 20.2 Å². The van der Waals surface area contributed by atoms with Gasteiger partial charge in [-0.2, -0.15) is 13.2 Å². The second-order valence-corrected chi connectivity index (χ2v) is 9.60. The first-order valence-corrected chi connectivity index (χ1v) is 11.0. The van der Waals surface area contributed by atoms with Crippen LogP contribution in [0.2, 0.25) is 0 Å². The molecule has 0 amide bonds. The molecule has 9 heteroatoms. The molecule has 1 saturated heterocycles. The van der Waals surface area contributed by atoms with Crippen molar-refractivity contribution in [1.29, 1.82) is 0 Å². The monoisotopic (exact) mass is 427 g/mol. The van der Waals surface area contributed by atoms with Crippen LogP contribution in [0.1, 0.15) is 36.6 Å². The predicted octanol–water partition coefficient (Wildman–Crippen LogP) is 3.94. The number of hydrogen-bond acceptors (Lipinski definition) is 6. The Bertz CT molecular complexity index is 866. The van der Waals surface area contributed by atoms with E-state index in [0.717, 1.165) is 41.7 Å². The normalized spacial score (nSPS) is 25.7. The Balaban J connectivity index is 1.56. The summed E-state index contributed by atoms with van der Waals surface area (Å²) in [6.45, 7) is 1.48. The Labute approximate surface area is 173 Å². The first-order valence-electron chi connectivity index (χ1n) is 10.2. The lowest BCUT2D eigenvalue weighted by Crippen LogP contribution is -2.57.